The van der Waals surface area contributed by atoms with Gasteiger partial charge in [0.15, 0.2) is 0 Å². The molecule has 0 amide bonds. The first kappa shape index (κ1) is 13.9. The number of hydrogen-bond donors (Lipinski definition) is 2. The molecule has 0 radical (unpaired) electrons. The molecule has 1 fully saturated rings. The van der Waals surface area contributed by atoms with Crippen molar-refractivity contribution >= 4 is 26.0 Å². The molecular formula is C11H16BrN3O2S. The molecule has 1 aliphatic carbocycles. The summed E-state index contributed by atoms with van der Waals surface area (Å²) in [5.74, 6) is 0.236. The molecule has 1 saturated carbocycles. The zero-order valence-corrected chi connectivity index (χ0v) is 12.2. The molecule has 2 rings (SSSR count). The van der Waals surface area contributed by atoms with Gasteiger partial charge in [-0.1, -0.05) is 6.42 Å². The Morgan fingerprint density at radius 3 is 2.89 bits per heavy atom. The van der Waals surface area contributed by atoms with Gasteiger partial charge in [-0.15, -0.1) is 0 Å². The summed E-state index contributed by atoms with van der Waals surface area (Å²) in [6.45, 7) is 0.518. The summed E-state index contributed by atoms with van der Waals surface area (Å²) in [6, 6.07) is 1.49. The summed E-state index contributed by atoms with van der Waals surface area (Å²) in [5, 5.41) is 0. The molecule has 0 aliphatic heterocycles. The van der Waals surface area contributed by atoms with E-state index >= 15 is 0 Å². The maximum Gasteiger partial charge on any atom is 0.242 e. The minimum Gasteiger partial charge on any atom is -0.330 e. The quantitative estimate of drug-likeness (QED) is 0.868. The van der Waals surface area contributed by atoms with Gasteiger partial charge in [-0.25, -0.2) is 13.1 Å². The fourth-order valence-electron chi connectivity index (χ4n) is 2.28. The average Bonchev–Trinajstić information content (AvgIpc) is 2.75. The highest BCUT2D eigenvalue weighted by Crippen LogP contribution is 2.26. The molecule has 5 nitrogen and oxygen atoms in total. The Kier molecular flexibility index (Phi) is 4.37. The third-order valence-corrected chi connectivity index (χ3v) is 5.15. The molecular weight excluding hydrogens is 318 g/mol. The summed E-state index contributed by atoms with van der Waals surface area (Å²) in [5.41, 5.74) is 5.65. The van der Waals surface area contributed by atoms with Crippen LogP contribution in [0.25, 0.3) is 0 Å². The molecule has 100 valence electrons. The van der Waals surface area contributed by atoms with E-state index < -0.39 is 10.0 Å². The molecule has 1 aromatic rings. The van der Waals surface area contributed by atoms with Gasteiger partial charge in [0.2, 0.25) is 10.0 Å². The van der Waals surface area contributed by atoms with Crippen LogP contribution in [0.1, 0.15) is 19.3 Å². The van der Waals surface area contributed by atoms with Crippen LogP contribution in [0.5, 0.6) is 0 Å². The van der Waals surface area contributed by atoms with Gasteiger partial charge in [0.1, 0.15) is 4.90 Å². The maximum absolute atomic E-state index is 12.2. The van der Waals surface area contributed by atoms with Crippen LogP contribution in [0.2, 0.25) is 0 Å². The van der Waals surface area contributed by atoms with E-state index in [4.69, 9.17) is 5.73 Å². The van der Waals surface area contributed by atoms with Gasteiger partial charge in [-0.2, -0.15) is 0 Å². The van der Waals surface area contributed by atoms with Crippen LogP contribution in [-0.2, 0) is 10.0 Å². The highest BCUT2D eigenvalue weighted by molar-refractivity contribution is 9.10. The lowest BCUT2D eigenvalue weighted by molar-refractivity contribution is 0.453. The third kappa shape index (κ3) is 3.09. The average molecular weight is 334 g/mol. The van der Waals surface area contributed by atoms with Crippen LogP contribution in [-0.4, -0.2) is 26.0 Å². The Morgan fingerprint density at radius 1 is 1.44 bits per heavy atom. The topological polar surface area (TPSA) is 85.1 Å². The van der Waals surface area contributed by atoms with Gasteiger partial charge in [0.25, 0.3) is 0 Å². The van der Waals surface area contributed by atoms with Gasteiger partial charge in [-0.3, -0.25) is 4.98 Å². The molecule has 0 bridgehead atoms. The number of aromatic nitrogens is 1. The van der Waals surface area contributed by atoms with Crippen molar-refractivity contribution in [3.05, 3.63) is 22.9 Å². The minimum absolute atomic E-state index is 0.0565. The molecule has 2 unspecified atom stereocenters. The first-order chi connectivity index (χ1) is 8.53. The van der Waals surface area contributed by atoms with Crippen LogP contribution in [0.3, 0.4) is 0 Å². The summed E-state index contributed by atoms with van der Waals surface area (Å²) in [4.78, 5) is 4.05. The number of sulfonamides is 1. The summed E-state index contributed by atoms with van der Waals surface area (Å²) in [7, 11) is -3.51. The second-order valence-electron chi connectivity index (χ2n) is 4.49. The molecule has 0 aromatic carbocycles. The summed E-state index contributed by atoms with van der Waals surface area (Å²) in [6.07, 6.45) is 5.76. The van der Waals surface area contributed by atoms with Crippen molar-refractivity contribution in [2.75, 3.05) is 6.54 Å². The van der Waals surface area contributed by atoms with Crippen molar-refractivity contribution in [3.8, 4) is 0 Å². The molecule has 3 N–H and O–H groups in total. The molecule has 0 saturated heterocycles. The Labute approximate surface area is 115 Å². The number of rotatable bonds is 4. The number of nitrogens with two attached hydrogens (primary N) is 1. The summed E-state index contributed by atoms with van der Waals surface area (Å²) < 4.78 is 27.8. The second-order valence-corrected chi connectivity index (χ2v) is 7.12. The van der Waals surface area contributed by atoms with Crippen molar-refractivity contribution in [1.82, 2.24) is 9.71 Å². The largest absolute Gasteiger partial charge is 0.330 e. The van der Waals surface area contributed by atoms with E-state index in [0.717, 1.165) is 19.3 Å². The lowest BCUT2D eigenvalue weighted by Crippen LogP contribution is -2.39. The van der Waals surface area contributed by atoms with Crippen molar-refractivity contribution in [2.45, 2.75) is 30.2 Å². The van der Waals surface area contributed by atoms with Gasteiger partial charge in [0, 0.05) is 22.9 Å². The van der Waals surface area contributed by atoms with Crippen LogP contribution in [0.15, 0.2) is 27.8 Å². The predicted molar refractivity (Wildman–Crippen MR) is 72.4 cm³/mol. The Hall–Kier alpha value is -0.500. The molecule has 1 heterocycles. The SMILES string of the molecule is NCC1CCCC1NS(=O)(=O)c1cncc(Br)c1. The highest BCUT2D eigenvalue weighted by Gasteiger charge is 2.30. The minimum atomic E-state index is -3.51. The standard InChI is InChI=1S/C11H16BrN3O2S/c12-9-4-10(7-14-6-9)18(16,17)15-11-3-1-2-8(11)5-13/h4,6-8,11,15H,1-3,5,13H2. The number of hydrogen-bond acceptors (Lipinski definition) is 4. The summed E-state index contributed by atoms with van der Waals surface area (Å²) >= 11 is 3.22. The van der Waals surface area contributed by atoms with Gasteiger partial charge < -0.3 is 5.73 Å². The Balaban J connectivity index is 2.17. The fourth-order valence-corrected chi connectivity index (χ4v) is 4.12. The van der Waals surface area contributed by atoms with Crippen LogP contribution in [0, 0.1) is 5.92 Å². The van der Waals surface area contributed by atoms with Crippen LogP contribution < -0.4 is 10.5 Å². The first-order valence-corrected chi connectivity index (χ1v) is 8.13. The van der Waals surface area contributed by atoms with Crippen LogP contribution in [0.4, 0.5) is 0 Å². The highest BCUT2D eigenvalue weighted by atomic mass is 79.9. The molecule has 2 atom stereocenters. The maximum atomic E-state index is 12.2. The van der Waals surface area contributed by atoms with Crippen molar-refractivity contribution < 1.29 is 8.42 Å². The van der Waals surface area contributed by atoms with Gasteiger partial charge in [-0.05, 0) is 47.3 Å². The first-order valence-electron chi connectivity index (χ1n) is 5.86. The van der Waals surface area contributed by atoms with Gasteiger partial charge >= 0.3 is 0 Å². The molecule has 1 aromatic heterocycles. The second kappa shape index (κ2) is 5.64. The number of pyridine rings is 1. The van der Waals surface area contributed by atoms with Gasteiger partial charge in [0.05, 0.1) is 0 Å². The van der Waals surface area contributed by atoms with E-state index in [2.05, 4.69) is 25.6 Å². The molecule has 1 aliphatic rings. The smallest absolute Gasteiger partial charge is 0.242 e. The number of halogens is 1. The fraction of sp³-hybridized carbons (Fsp3) is 0.545. The van der Waals surface area contributed by atoms with E-state index in [1.165, 1.54) is 6.20 Å². The number of nitrogens with one attached hydrogen (secondary N) is 1. The van der Waals surface area contributed by atoms with Crippen LogP contribution >= 0.6 is 15.9 Å². The Morgan fingerprint density at radius 2 is 2.22 bits per heavy atom. The zero-order chi connectivity index (χ0) is 13.2. The lowest BCUT2D eigenvalue weighted by Gasteiger charge is -2.19. The predicted octanol–water partition coefficient (Wildman–Crippen LogP) is 1.25. The van der Waals surface area contributed by atoms with Crippen molar-refractivity contribution in [2.24, 2.45) is 11.7 Å². The van der Waals surface area contributed by atoms with Crippen molar-refractivity contribution in [3.63, 3.8) is 0 Å². The van der Waals surface area contributed by atoms with Crippen molar-refractivity contribution in [1.29, 1.82) is 0 Å². The third-order valence-electron chi connectivity index (χ3n) is 3.26. The Bertz CT molecular complexity index is 521. The molecule has 18 heavy (non-hydrogen) atoms. The van der Waals surface area contributed by atoms with E-state index in [1.807, 2.05) is 0 Å². The monoisotopic (exact) mass is 333 g/mol. The van der Waals surface area contributed by atoms with E-state index in [9.17, 15) is 8.42 Å². The van der Waals surface area contributed by atoms with E-state index in [0.29, 0.717) is 11.0 Å². The lowest BCUT2D eigenvalue weighted by atomic mass is 10.1. The molecule has 7 heteroatoms. The molecule has 0 spiro atoms. The van der Waals surface area contributed by atoms with E-state index in [1.54, 1.807) is 12.3 Å². The number of nitrogens with zero attached hydrogens (tertiary/aromatic N) is 1. The zero-order valence-electron chi connectivity index (χ0n) is 9.84. The normalized spacial score (nSPS) is 24.3. The van der Waals surface area contributed by atoms with E-state index in [-0.39, 0.29) is 16.9 Å².